The van der Waals surface area contributed by atoms with Crippen molar-refractivity contribution in [1.29, 1.82) is 0 Å². The second kappa shape index (κ2) is 6.53. The first kappa shape index (κ1) is 16.7. The first-order valence-electron chi connectivity index (χ1n) is 8.50. The van der Waals surface area contributed by atoms with Crippen LogP contribution in [-0.2, 0) is 0 Å². The van der Waals surface area contributed by atoms with Crippen molar-refractivity contribution in [3.8, 4) is 0 Å². The van der Waals surface area contributed by atoms with Crippen molar-refractivity contribution >= 4 is 34.2 Å². The Morgan fingerprint density at radius 3 is 2.44 bits per heavy atom. The number of hydrogen-bond acceptors (Lipinski definition) is 3. The third kappa shape index (κ3) is 2.89. The van der Waals surface area contributed by atoms with Gasteiger partial charge >= 0.3 is 0 Å². The highest BCUT2D eigenvalue weighted by Gasteiger charge is 2.35. The first-order valence-corrected chi connectivity index (χ1v) is 8.50. The summed E-state index contributed by atoms with van der Waals surface area (Å²) in [5.74, 6) is -1.11. The van der Waals surface area contributed by atoms with Crippen LogP contribution in [0.3, 0.4) is 0 Å². The van der Waals surface area contributed by atoms with Crippen LogP contribution in [0.1, 0.15) is 31.1 Å². The lowest BCUT2D eigenvalue weighted by Crippen LogP contribution is -2.29. The second-order valence-corrected chi connectivity index (χ2v) is 6.29. The molecule has 1 N–H and O–H groups in total. The maximum absolute atomic E-state index is 12.6. The molecule has 27 heavy (non-hydrogen) atoms. The number of carbonyl (C=O) groups excluding carboxylic acids is 3. The molecule has 0 spiro atoms. The summed E-state index contributed by atoms with van der Waals surface area (Å²) >= 11 is 0. The van der Waals surface area contributed by atoms with Crippen molar-refractivity contribution in [3.63, 3.8) is 0 Å². The minimum atomic E-state index is -0.407. The van der Waals surface area contributed by atoms with Gasteiger partial charge in [0.15, 0.2) is 0 Å². The molecule has 1 heterocycles. The van der Waals surface area contributed by atoms with Crippen LogP contribution in [0.2, 0.25) is 0 Å². The molecule has 0 bridgehead atoms. The molecule has 5 heteroatoms. The maximum atomic E-state index is 12.6. The zero-order valence-electron chi connectivity index (χ0n) is 14.4. The summed E-state index contributed by atoms with van der Waals surface area (Å²) < 4.78 is 0. The molecule has 3 aromatic carbocycles. The van der Waals surface area contributed by atoms with Crippen molar-refractivity contribution < 1.29 is 14.4 Å². The Labute approximate surface area is 155 Å². The van der Waals surface area contributed by atoms with Gasteiger partial charge in [-0.15, -0.1) is 6.58 Å². The van der Waals surface area contributed by atoms with E-state index in [9.17, 15) is 14.4 Å². The average Bonchev–Trinajstić information content (AvgIpc) is 2.92. The summed E-state index contributed by atoms with van der Waals surface area (Å²) in [5.41, 5.74) is 1.54. The fourth-order valence-electron chi connectivity index (χ4n) is 3.20. The highest BCUT2D eigenvalue weighted by molar-refractivity contribution is 6.22. The number of carbonyl (C=O) groups is 3. The number of amides is 3. The van der Waals surface area contributed by atoms with Crippen LogP contribution in [-0.4, -0.2) is 29.2 Å². The van der Waals surface area contributed by atoms with Crippen molar-refractivity contribution in [1.82, 2.24) is 4.90 Å². The summed E-state index contributed by atoms with van der Waals surface area (Å²) in [6, 6.07) is 18.1. The zero-order chi connectivity index (χ0) is 19.0. The van der Waals surface area contributed by atoms with E-state index in [2.05, 4.69) is 11.9 Å². The normalized spacial score (nSPS) is 13.0. The molecule has 4 rings (SSSR count). The Kier molecular flexibility index (Phi) is 4.05. The van der Waals surface area contributed by atoms with Gasteiger partial charge in [0.05, 0.1) is 11.1 Å². The lowest BCUT2D eigenvalue weighted by molar-refractivity contribution is 0.0672. The molecule has 0 fully saturated rings. The van der Waals surface area contributed by atoms with E-state index in [1.54, 1.807) is 6.07 Å². The molecule has 0 aromatic heterocycles. The van der Waals surface area contributed by atoms with Gasteiger partial charge in [-0.1, -0.05) is 36.4 Å². The van der Waals surface area contributed by atoms with Crippen LogP contribution in [0.25, 0.3) is 10.8 Å². The van der Waals surface area contributed by atoms with Crippen LogP contribution in [0.5, 0.6) is 0 Å². The third-order valence-electron chi connectivity index (χ3n) is 4.55. The van der Waals surface area contributed by atoms with Crippen LogP contribution in [0.15, 0.2) is 73.3 Å². The van der Waals surface area contributed by atoms with Crippen molar-refractivity contribution in [3.05, 3.63) is 90.0 Å². The van der Waals surface area contributed by atoms with Crippen molar-refractivity contribution in [2.24, 2.45) is 0 Å². The molecule has 0 aliphatic carbocycles. The fraction of sp³-hybridized carbons (Fsp3) is 0.0455. The largest absolute Gasteiger partial charge is 0.322 e. The molecule has 3 aromatic rings. The van der Waals surface area contributed by atoms with E-state index in [0.717, 1.165) is 15.7 Å². The summed E-state index contributed by atoms with van der Waals surface area (Å²) in [7, 11) is 0. The Balaban J connectivity index is 1.61. The van der Waals surface area contributed by atoms with Gasteiger partial charge in [-0.2, -0.15) is 0 Å². The number of fused-ring (bicyclic) bond motifs is 2. The van der Waals surface area contributed by atoms with E-state index < -0.39 is 5.91 Å². The van der Waals surface area contributed by atoms with E-state index in [0.29, 0.717) is 16.8 Å². The van der Waals surface area contributed by atoms with E-state index >= 15 is 0 Å². The summed E-state index contributed by atoms with van der Waals surface area (Å²) in [6.45, 7) is 3.70. The average molecular weight is 356 g/mol. The zero-order valence-corrected chi connectivity index (χ0v) is 14.4. The number of anilines is 1. The molecule has 3 amide bonds. The lowest BCUT2D eigenvalue weighted by atomic mass is 10.0. The molecule has 0 radical (unpaired) electrons. The van der Waals surface area contributed by atoms with Crippen molar-refractivity contribution in [2.75, 3.05) is 11.9 Å². The fourth-order valence-corrected chi connectivity index (χ4v) is 3.20. The van der Waals surface area contributed by atoms with Crippen LogP contribution < -0.4 is 5.32 Å². The Morgan fingerprint density at radius 2 is 1.67 bits per heavy atom. The molecule has 0 atom stereocenters. The molecule has 0 saturated carbocycles. The van der Waals surface area contributed by atoms with E-state index in [-0.39, 0.29) is 23.9 Å². The summed E-state index contributed by atoms with van der Waals surface area (Å²) in [6.07, 6.45) is 1.50. The first-order chi connectivity index (χ1) is 13.1. The van der Waals surface area contributed by atoms with Gasteiger partial charge in [0.25, 0.3) is 17.7 Å². The quantitative estimate of drug-likeness (QED) is 0.570. The van der Waals surface area contributed by atoms with Gasteiger partial charge in [0, 0.05) is 17.8 Å². The molecule has 0 unspecified atom stereocenters. The summed E-state index contributed by atoms with van der Waals surface area (Å²) in [4.78, 5) is 38.4. The molecular formula is C22H16N2O3. The smallest absolute Gasteiger partial charge is 0.261 e. The predicted octanol–water partition coefficient (Wildman–Crippen LogP) is 3.87. The standard InChI is InChI=1S/C22H16N2O3/c1-2-11-24-21(26)18-10-8-16(13-19(18)22(24)27)20(25)23-17-9-7-14-5-3-4-6-15(14)12-17/h2-10,12-13H,1,11H2,(H,23,25). The van der Waals surface area contributed by atoms with Crippen LogP contribution in [0.4, 0.5) is 5.69 Å². The van der Waals surface area contributed by atoms with E-state index in [1.165, 1.54) is 18.2 Å². The highest BCUT2D eigenvalue weighted by Crippen LogP contribution is 2.25. The Bertz CT molecular complexity index is 1120. The number of imide groups is 1. The van der Waals surface area contributed by atoms with E-state index in [1.807, 2.05) is 42.5 Å². The van der Waals surface area contributed by atoms with Crippen LogP contribution in [0, 0.1) is 0 Å². The molecule has 132 valence electrons. The molecule has 0 saturated heterocycles. The number of hydrogen-bond donors (Lipinski definition) is 1. The second-order valence-electron chi connectivity index (χ2n) is 6.29. The monoisotopic (exact) mass is 356 g/mol. The van der Waals surface area contributed by atoms with Crippen LogP contribution >= 0.6 is 0 Å². The van der Waals surface area contributed by atoms with Gasteiger partial charge in [0.1, 0.15) is 0 Å². The SMILES string of the molecule is C=CCN1C(=O)c2ccc(C(=O)Nc3ccc4ccccc4c3)cc2C1=O. The molecular weight excluding hydrogens is 340 g/mol. The highest BCUT2D eigenvalue weighted by atomic mass is 16.2. The van der Waals surface area contributed by atoms with Gasteiger partial charge in [-0.05, 0) is 41.1 Å². The van der Waals surface area contributed by atoms with E-state index in [4.69, 9.17) is 0 Å². The minimum Gasteiger partial charge on any atom is -0.322 e. The topological polar surface area (TPSA) is 66.5 Å². The van der Waals surface area contributed by atoms with Gasteiger partial charge in [0.2, 0.25) is 0 Å². The number of nitrogens with one attached hydrogen (secondary N) is 1. The maximum Gasteiger partial charge on any atom is 0.261 e. The third-order valence-corrected chi connectivity index (χ3v) is 4.55. The number of benzene rings is 3. The van der Waals surface area contributed by atoms with Gasteiger partial charge < -0.3 is 5.32 Å². The molecule has 5 nitrogen and oxygen atoms in total. The minimum absolute atomic E-state index is 0.144. The molecule has 1 aliphatic heterocycles. The predicted molar refractivity (Wildman–Crippen MR) is 104 cm³/mol. The Morgan fingerprint density at radius 1 is 0.926 bits per heavy atom. The van der Waals surface area contributed by atoms with Gasteiger partial charge in [-0.3, -0.25) is 19.3 Å². The van der Waals surface area contributed by atoms with Crippen molar-refractivity contribution in [2.45, 2.75) is 0 Å². The number of rotatable bonds is 4. The lowest BCUT2D eigenvalue weighted by Gasteiger charge is -2.09. The van der Waals surface area contributed by atoms with Gasteiger partial charge in [-0.25, -0.2) is 0 Å². The number of nitrogens with zero attached hydrogens (tertiary/aromatic N) is 1. The Hall–Kier alpha value is -3.73. The molecule has 1 aliphatic rings. The summed E-state index contributed by atoms with van der Waals surface area (Å²) in [5, 5.41) is 4.94.